The van der Waals surface area contributed by atoms with Crippen LogP contribution in [0.15, 0.2) is 24.3 Å². The third-order valence-electron chi connectivity index (χ3n) is 3.95. The summed E-state index contributed by atoms with van der Waals surface area (Å²) in [6, 6.07) is 7.49. The second kappa shape index (κ2) is 7.34. The maximum absolute atomic E-state index is 12.5. The van der Waals surface area contributed by atoms with Crippen LogP contribution in [0, 0.1) is 0 Å². The zero-order valence-corrected chi connectivity index (χ0v) is 14.8. The Labute approximate surface area is 138 Å². The summed E-state index contributed by atoms with van der Waals surface area (Å²) in [6.07, 6.45) is 3.91. The van der Waals surface area contributed by atoms with Crippen LogP contribution in [0.4, 0.5) is 0 Å². The van der Waals surface area contributed by atoms with Crippen LogP contribution in [-0.2, 0) is 21.1 Å². The van der Waals surface area contributed by atoms with Gasteiger partial charge in [0.15, 0.2) is 6.61 Å². The number of hydrogen-bond acceptors (Lipinski definition) is 4. The van der Waals surface area contributed by atoms with Crippen LogP contribution in [-0.4, -0.2) is 49.9 Å². The van der Waals surface area contributed by atoms with Crippen molar-refractivity contribution in [1.29, 1.82) is 0 Å². The van der Waals surface area contributed by atoms with Crippen LogP contribution in [0.3, 0.4) is 0 Å². The summed E-state index contributed by atoms with van der Waals surface area (Å²) in [7, 11) is -3.12. The molecule has 1 aliphatic rings. The Kier molecular flexibility index (Phi) is 5.68. The average Bonchev–Trinajstić information content (AvgIpc) is 3.28. The van der Waals surface area contributed by atoms with Gasteiger partial charge in [0.2, 0.25) is 0 Å². The molecule has 0 radical (unpaired) electrons. The Balaban J connectivity index is 2.01. The second-order valence-corrected chi connectivity index (χ2v) is 8.41. The maximum Gasteiger partial charge on any atom is 0.261 e. The number of rotatable bonds is 8. The molecule has 0 heterocycles. The maximum atomic E-state index is 12.5. The molecular weight excluding hydrogens is 314 g/mol. The van der Waals surface area contributed by atoms with Gasteiger partial charge < -0.3 is 9.64 Å². The number of para-hydroxylation sites is 1. The zero-order valence-electron chi connectivity index (χ0n) is 14.0. The highest BCUT2D eigenvalue weighted by molar-refractivity contribution is 7.90. The third-order valence-corrected chi connectivity index (χ3v) is 5.04. The zero-order chi connectivity index (χ0) is 17.0. The SMILES string of the molecule is CCc1ccccc1OCC(=O)N(C1CC1)[C@@H](C)CS(C)(=O)=O. The minimum absolute atomic E-state index is 0.0131. The molecule has 1 amide bonds. The van der Waals surface area contributed by atoms with Crippen LogP contribution in [0.25, 0.3) is 0 Å². The van der Waals surface area contributed by atoms with E-state index in [-0.39, 0.29) is 30.4 Å². The van der Waals surface area contributed by atoms with Gasteiger partial charge in [-0.25, -0.2) is 8.42 Å². The lowest BCUT2D eigenvalue weighted by Gasteiger charge is -2.29. The minimum Gasteiger partial charge on any atom is -0.483 e. The number of carbonyl (C=O) groups is 1. The summed E-state index contributed by atoms with van der Waals surface area (Å²) in [4.78, 5) is 14.2. The Morgan fingerprint density at radius 3 is 2.57 bits per heavy atom. The van der Waals surface area contributed by atoms with E-state index in [9.17, 15) is 13.2 Å². The smallest absolute Gasteiger partial charge is 0.261 e. The fraction of sp³-hybridized carbons (Fsp3) is 0.588. The predicted molar refractivity (Wildman–Crippen MR) is 90.4 cm³/mol. The first kappa shape index (κ1) is 17.8. The number of benzene rings is 1. The first-order chi connectivity index (χ1) is 10.8. The van der Waals surface area contributed by atoms with Crippen LogP contribution in [0.1, 0.15) is 32.3 Å². The number of amides is 1. The highest BCUT2D eigenvalue weighted by Crippen LogP contribution is 2.29. The van der Waals surface area contributed by atoms with Crippen molar-refractivity contribution in [2.24, 2.45) is 0 Å². The van der Waals surface area contributed by atoms with Gasteiger partial charge in [-0.15, -0.1) is 0 Å². The van der Waals surface area contributed by atoms with Crippen molar-refractivity contribution in [3.63, 3.8) is 0 Å². The second-order valence-electron chi connectivity index (χ2n) is 6.22. The number of carbonyl (C=O) groups excluding carboxylic acids is 1. The van der Waals surface area contributed by atoms with Gasteiger partial charge in [-0.1, -0.05) is 25.1 Å². The molecule has 1 saturated carbocycles. The fourth-order valence-electron chi connectivity index (χ4n) is 2.83. The van der Waals surface area contributed by atoms with Crippen LogP contribution in [0.2, 0.25) is 0 Å². The first-order valence-corrected chi connectivity index (χ1v) is 10.1. The molecule has 1 aliphatic carbocycles. The van der Waals surface area contributed by atoms with Gasteiger partial charge in [0.1, 0.15) is 15.6 Å². The van der Waals surface area contributed by atoms with Crippen molar-refractivity contribution in [1.82, 2.24) is 4.90 Å². The van der Waals surface area contributed by atoms with Gasteiger partial charge in [0.05, 0.1) is 5.75 Å². The molecule has 6 heteroatoms. The van der Waals surface area contributed by atoms with Crippen molar-refractivity contribution in [3.8, 4) is 5.75 Å². The van der Waals surface area contributed by atoms with E-state index in [0.29, 0.717) is 0 Å². The van der Waals surface area contributed by atoms with Gasteiger partial charge >= 0.3 is 0 Å². The Morgan fingerprint density at radius 1 is 1.35 bits per heavy atom. The van der Waals surface area contributed by atoms with Gasteiger partial charge in [-0.2, -0.15) is 0 Å². The van der Waals surface area contributed by atoms with Crippen LogP contribution < -0.4 is 4.74 Å². The predicted octanol–water partition coefficient (Wildman–Crippen LogP) is 2.05. The lowest BCUT2D eigenvalue weighted by molar-refractivity contribution is -0.135. The van der Waals surface area contributed by atoms with Crippen molar-refractivity contribution in [2.45, 2.75) is 45.2 Å². The van der Waals surface area contributed by atoms with Crippen molar-refractivity contribution in [3.05, 3.63) is 29.8 Å². The Hall–Kier alpha value is -1.56. The molecule has 0 aromatic heterocycles. The molecule has 0 bridgehead atoms. The van der Waals surface area contributed by atoms with Gasteiger partial charge in [0, 0.05) is 18.3 Å². The molecule has 5 nitrogen and oxygen atoms in total. The van der Waals surface area contributed by atoms with Gasteiger partial charge in [-0.05, 0) is 37.8 Å². The lowest BCUT2D eigenvalue weighted by Crippen LogP contribution is -2.45. The highest BCUT2D eigenvalue weighted by Gasteiger charge is 2.36. The lowest BCUT2D eigenvalue weighted by atomic mass is 10.1. The summed E-state index contributed by atoms with van der Waals surface area (Å²) >= 11 is 0. The van der Waals surface area contributed by atoms with Gasteiger partial charge in [0.25, 0.3) is 5.91 Å². The summed E-state index contributed by atoms with van der Waals surface area (Å²) < 4.78 is 28.7. The molecule has 0 saturated heterocycles. The van der Waals surface area contributed by atoms with E-state index in [0.717, 1.165) is 30.6 Å². The Bertz CT molecular complexity index is 652. The number of aryl methyl sites for hydroxylation is 1. The molecule has 1 atom stereocenters. The Morgan fingerprint density at radius 2 is 2.00 bits per heavy atom. The normalized spacial score (nSPS) is 16.0. The van der Waals surface area contributed by atoms with E-state index in [1.807, 2.05) is 31.2 Å². The monoisotopic (exact) mass is 339 g/mol. The molecule has 1 aromatic carbocycles. The van der Waals surface area contributed by atoms with E-state index in [1.54, 1.807) is 11.8 Å². The van der Waals surface area contributed by atoms with Crippen LogP contribution in [0.5, 0.6) is 5.75 Å². The number of nitrogens with zero attached hydrogens (tertiary/aromatic N) is 1. The largest absolute Gasteiger partial charge is 0.483 e. The molecule has 128 valence electrons. The standard InChI is InChI=1S/C17H25NO4S/c1-4-14-7-5-6-8-16(14)22-11-17(19)18(15-9-10-15)13(2)12-23(3,20)21/h5-8,13,15H,4,9-12H2,1-3H3/t13-/m0/s1. The summed E-state index contributed by atoms with van der Waals surface area (Å²) in [5.74, 6) is 0.560. The number of hydrogen-bond donors (Lipinski definition) is 0. The molecule has 0 unspecified atom stereocenters. The van der Waals surface area contributed by atoms with Crippen molar-refractivity contribution >= 4 is 15.7 Å². The number of ether oxygens (including phenoxy) is 1. The molecule has 1 aromatic rings. The number of sulfone groups is 1. The van der Waals surface area contributed by atoms with Crippen LogP contribution >= 0.6 is 0 Å². The van der Waals surface area contributed by atoms with Crippen molar-refractivity contribution < 1.29 is 17.9 Å². The van der Waals surface area contributed by atoms with E-state index in [2.05, 4.69) is 0 Å². The van der Waals surface area contributed by atoms with Crippen molar-refractivity contribution in [2.75, 3.05) is 18.6 Å². The van der Waals surface area contributed by atoms with Gasteiger partial charge in [-0.3, -0.25) is 4.79 Å². The molecule has 2 rings (SSSR count). The quantitative estimate of drug-likeness (QED) is 0.727. The topological polar surface area (TPSA) is 63.7 Å². The van der Waals surface area contributed by atoms with E-state index >= 15 is 0 Å². The summed E-state index contributed by atoms with van der Waals surface area (Å²) in [5.41, 5.74) is 1.06. The first-order valence-electron chi connectivity index (χ1n) is 8.01. The summed E-state index contributed by atoms with van der Waals surface area (Å²) in [6.45, 7) is 3.77. The third kappa shape index (κ3) is 5.23. The van der Waals surface area contributed by atoms with E-state index in [4.69, 9.17) is 4.74 Å². The minimum atomic E-state index is -3.12. The molecule has 0 aliphatic heterocycles. The molecule has 23 heavy (non-hydrogen) atoms. The average molecular weight is 339 g/mol. The molecule has 1 fully saturated rings. The summed E-state index contributed by atoms with van der Waals surface area (Å²) in [5, 5.41) is 0. The fourth-order valence-corrected chi connectivity index (χ4v) is 3.87. The molecule has 0 spiro atoms. The molecule has 0 N–H and O–H groups in total. The van der Waals surface area contributed by atoms with E-state index in [1.165, 1.54) is 6.26 Å². The molecular formula is C17H25NO4S. The van der Waals surface area contributed by atoms with E-state index < -0.39 is 9.84 Å². The highest BCUT2D eigenvalue weighted by atomic mass is 32.2.